The predicted octanol–water partition coefficient (Wildman–Crippen LogP) is -3.13. The summed E-state index contributed by atoms with van der Waals surface area (Å²) in [5.74, 6) is 0. The number of aromatic nitrogens is 4. The van der Waals surface area contributed by atoms with Gasteiger partial charge in [-0.25, -0.2) is 0 Å². The number of alkyl halides is 1. The van der Waals surface area contributed by atoms with Gasteiger partial charge in [-0.1, -0.05) is 0 Å². The first-order valence-electron chi connectivity index (χ1n) is 2.66. The van der Waals surface area contributed by atoms with Crippen LogP contribution in [0.2, 0.25) is 0 Å². The fourth-order valence-corrected chi connectivity index (χ4v) is 1.98. The molecule has 0 aromatic carbocycles. The van der Waals surface area contributed by atoms with E-state index < -0.39 is 0 Å². The first-order chi connectivity index (χ1) is 4.29. The van der Waals surface area contributed by atoms with Gasteiger partial charge in [0.2, 0.25) is 0 Å². The topological polar surface area (TPSA) is 54.5 Å². The molecule has 0 atom stereocenters. The van der Waals surface area contributed by atoms with Crippen LogP contribution in [-0.4, -0.2) is 24.5 Å². The van der Waals surface area contributed by atoms with E-state index in [0.717, 1.165) is 3.83 Å². The molecule has 1 N–H and O–H groups in total. The van der Waals surface area contributed by atoms with Crippen LogP contribution in [0.25, 0.3) is 0 Å². The average Bonchev–Trinajstić information content (AvgIpc) is 2.15. The van der Waals surface area contributed by atoms with E-state index in [1.54, 1.807) is 0 Å². The number of halogens is 1. The Balaban J connectivity index is 2.48. The van der Waals surface area contributed by atoms with Gasteiger partial charge in [-0.15, -0.1) is 0 Å². The Hall–Kier alpha value is -0.200. The van der Waals surface area contributed by atoms with Crippen LogP contribution >= 0.6 is 0 Å². The van der Waals surface area contributed by atoms with Crippen molar-refractivity contribution in [3.05, 3.63) is 3.83 Å². The second kappa shape index (κ2) is 3.09. The minimum atomic E-state index is -0.0112. The van der Waals surface area contributed by atoms with Gasteiger partial charge >= 0.3 is 63.4 Å². The molecule has 1 heterocycles. The van der Waals surface area contributed by atoms with Crippen molar-refractivity contribution in [1.29, 1.82) is 0 Å². The van der Waals surface area contributed by atoms with E-state index in [2.05, 4.69) is 34.5 Å². The number of aromatic amines is 1. The summed E-state index contributed by atoms with van der Waals surface area (Å²) in [4.78, 5) is 0. The molecule has 1 aromatic heterocycles. The van der Waals surface area contributed by atoms with Gasteiger partial charge in [0.1, 0.15) is 0 Å². The summed E-state index contributed by atoms with van der Waals surface area (Å²) in [7, 11) is 0. The van der Waals surface area contributed by atoms with Gasteiger partial charge in [-0.2, -0.15) is 0 Å². The molecule has 52 valence electrons. The summed E-state index contributed by atoms with van der Waals surface area (Å²) in [5.41, 5.74) is 0. The van der Waals surface area contributed by atoms with E-state index in [1.807, 2.05) is 0 Å². The molecule has 0 amide bonds. The SMILES string of the molecule is CC(C)[I-]c1nn[nH]n1. The zero-order chi connectivity index (χ0) is 6.69. The maximum absolute atomic E-state index is 3.86. The fourth-order valence-electron chi connectivity index (χ4n) is 0.391. The molecule has 0 fully saturated rings. The number of nitrogens with one attached hydrogen (secondary N) is 1. The van der Waals surface area contributed by atoms with Crippen molar-refractivity contribution in [2.45, 2.75) is 17.8 Å². The standard InChI is InChI=1S/C4H8IN4/c1-3(2)5-4-6-8-9-7-4/h3H,1-2H3,(H,6,7,8,9)/q-1. The number of rotatable bonds is 2. The van der Waals surface area contributed by atoms with Crippen molar-refractivity contribution in [1.82, 2.24) is 20.6 Å². The zero-order valence-electron chi connectivity index (χ0n) is 5.30. The number of nitrogens with zero attached hydrogens (tertiary/aromatic N) is 3. The van der Waals surface area contributed by atoms with Crippen LogP contribution in [0.1, 0.15) is 13.8 Å². The Kier molecular flexibility index (Phi) is 2.38. The molecule has 0 aliphatic rings. The molecule has 0 unspecified atom stereocenters. The Morgan fingerprint density at radius 2 is 2.33 bits per heavy atom. The Bertz CT molecular complexity index is 159. The van der Waals surface area contributed by atoms with Crippen LogP contribution in [0, 0.1) is 3.83 Å². The van der Waals surface area contributed by atoms with Gasteiger partial charge in [0.05, 0.1) is 0 Å². The molecule has 0 aliphatic heterocycles. The molecular formula is C4H8IN4-. The summed E-state index contributed by atoms with van der Waals surface area (Å²) >= 11 is -0.0112. The van der Waals surface area contributed by atoms with E-state index >= 15 is 0 Å². The maximum atomic E-state index is 3.86. The van der Waals surface area contributed by atoms with Crippen LogP contribution in [0.5, 0.6) is 0 Å². The van der Waals surface area contributed by atoms with Crippen molar-refractivity contribution in [2.24, 2.45) is 0 Å². The summed E-state index contributed by atoms with van der Waals surface area (Å²) < 4.78 is 1.62. The summed E-state index contributed by atoms with van der Waals surface area (Å²) in [6.45, 7) is 4.34. The van der Waals surface area contributed by atoms with Crippen molar-refractivity contribution >= 4 is 0 Å². The quantitative estimate of drug-likeness (QED) is 0.438. The normalized spacial score (nSPS) is 11.0. The molecule has 0 bridgehead atoms. The van der Waals surface area contributed by atoms with Gasteiger partial charge in [0.25, 0.3) is 0 Å². The van der Waals surface area contributed by atoms with Crippen LogP contribution < -0.4 is 21.2 Å². The van der Waals surface area contributed by atoms with Crippen LogP contribution in [0.4, 0.5) is 0 Å². The number of tetrazole rings is 1. The van der Waals surface area contributed by atoms with Crippen molar-refractivity contribution in [3.8, 4) is 0 Å². The number of hydrogen-bond donors (Lipinski definition) is 1. The molecule has 0 aliphatic carbocycles. The monoisotopic (exact) mass is 239 g/mol. The summed E-state index contributed by atoms with van der Waals surface area (Å²) in [6.07, 6.45) is 0. The zero-order valence-corrected chi connectivity index (χ0v) is 7.45. The van der Waals surface area contributed by atoms with E-state index in [9.17, 15) is 0 Å². The molecule has 0 saturated heterocycles. The van der Waals surface area contributed by atoms with Crippen molar-refractivity contribution in [2.75, 3.05) is 0 Å². The average molecular weight is 239 g/mol. The Morgan fingerprint density at radius 3 is 2.78 bits per heavy atom. The Morgan fingerprint density at radius 1 is 1.56 bits per heavy atom. The van der Waals surface area contributed by atoms with Gasteiger partial charge in [0.15, 0.2) is 0 Å². The third kappa shape index (κ3) is 2.25. The molecule has 9 heavy (non-hydrogen) atoms. The van der Waals surface area contributed by atoms with E-state index in [0.29, 0.717) is 3.92 Å². The number of H-pyrrole nitrogens is 1. The van der Waals surface area contributed by atoms with Gasteiger partial charge < -0.3 is 0 Å². The van der Waals surface area contributed by atoms with E-state index in [4.69, 9.17) is 0 Å². The molecule has 0 radical (unpaired) electrons. The molecule has 5 heteroatoms. The molecule has 4 nitrogen and oxygen atoms in total. The van der Waals surface area contributed by atoms with Crippen LogP contribution in [0.3, 0.4) is 0 Å². The minimum absolute atomic E-state index is 0.0112. The number of hydrogen-bond acceptors (Lipinski definition) is 3. The second-order valence-corrected chi connectivity index (χ2v) is 5.88. The first kappa shape index (κ1) is 6.91. The second-order valence-electron chi connectivity index (χ2n) is 1.80. The van der Waals surface area contributed by atoms with Crippen molar-refractivity contribution < 1.29 is 21.2 Å². The molecule has 0 saturated carbocycles. The Labute approximate surface area is 63.7 Å². The van der Waals surface area contributed by atoms with E-state index in [1.165, 1.54) is 0 Å². The molecular weight excluding hydrogens is 231 g/mol. The summed E-state index contributed by atoms with van der Waals surface area (Å²) in [6, 6.07) is 0. The van der Waals surface area contributed by atoms with Crippen LogP contribution in [0.15, 0.2) is 0 Å². The third-order valence-corrected chi connectivity index (χ3v) is 2.89. The predicted molar refractivity (Wildman–Crippen MR) is 28.0 cm³/mol. The van der Waals surface area contributed by atoms with Crippen LogP contribution in [-0.2, 0) is 0 Å². The summed E-state index contributed by atoms with van der Waals surface area (Å²) in [5, 5.41) is 13.6. The fraction of sp³-hybridized carbons (Fsp3) is 0.750. The third-order valence-electron chi connectivity index (χ3n) is 0.635. The van der Waals surface area contributed by atoms with Crippen molar-refractivity contribution in [3.63, 3.8) is 0 Å². The van der Waals surface area contributed by atoms with Gasteiger partial charge in [-0.3, -0.25) is 0 Å². The molecule has 1 rings (SSSR count). The van der Waals surface area contributed by atoms with Gasteiger partial charge in [0, 0.05) is 0 Å². The van der Waals surface area contributed by atoms with E-state index in [-0.39, 0.29) is 21.2 Å². The van der Waals surface area contributed by atoms with Gasteiger partial charge in [-0.05, 0) is 0 Å². The molecule has 1 aromatic rings. The molecule has 0 spiro atoms. The first-order valence-corrected chi connectivity index (χ1v) is 4.98.